The van der Waals surface area contributed by atoms with Crippen LogP contribution in [0.5, 0.6) is 11.5 Å². The van der Waals surface area contributed by atoms with Crippen molar-refractivity contribution in [2.75, 3.05) is 13.6 Å². The predicted molar refractivity (Wildman–Crippen MR) is 148 cm³/mol. The van der Waals surface area contributed by atoms with Gasteiger partial charge in [-0.05, 0) is 78.3 Å². The van der Waals surface area contributed by atoms with E-state index < -0.39 is 58.9 Å². The second-order valence-electron chi connectivity index (χ2n) is 12.7. The van der Waals surface area contributed by atoms with Gasteiger partial charge < -0.3 is 44.5 Å². The van der Waals surface area contributed by atoms with Gasteiger partial charge in [0.1, 0.15) is 17.4 Å². The first kappa shape index (κ1) is 30.8. The van der Waals surface area contributed by atoms with Crippen molar-refractivity contribution in [3.05, 3.63) is 35.1 Å². The fourth-order valence-corrected chi connectivity index (χ4v) is 6.77. The molecular formula is C30H38N2O11. The number of aliphatic hydroxyl groups is 1. The smallest absolute Gasteiger partial charge is 0.480 e. The van der Waals surface area contributed by atoms with Crippen molar-refractivity contribution in [3.63, 3.8) is 0 Å². The van der Waals surface area contributed by atoms with Gasteiger partial charge in [-0.2, -0.15) is 0 Å². The number of carboxylic acids is 1. The molecule has 13 heteroatoms. The molecule has 1 aromatic rings. The summed E-state index contributed by atoms with van der Waals surface area (Å²) < 4.78 is 28.3. The lowest BCUT2D eigenvalue weighted by Crippen LogP contribution is -2.74. The molecule has 4 aliphatic rings. The Labute approximate surface area is 248 Å². The lowest BCUT2D eigenvalue weighted by molar-refractivity contribution is -0.175. The molecule has 0 radical (unpaired) electrons. The van der Waals surface area contributed by atoms with Gasteiger partial charge in [0.15, 0.2) is 23.7 Å². The molecule has 0 aromatic heterocycles. The average Bonchev–Trinajstić information content (AvgIpc) is 3.26. The molecule has 0 amide bonds. The molecule has 4 N–H and O–H groups in total. The van der Waals surface area contributed by atoms with Crippen LogP contribution in [0.3, 0.4) is 0 Å². The molecule has 13 nitrogen and oxygen atoms in total. The second-order valence-corrected chi connectivity index (χ2v) is 12.7. The van der Waals surface area contributed by atoms with Crippen molar-refractivity contribution in [2.45, 2.75) is 101 Å². The summed E-state index contributed by atoms with van der Waals surface area (Å²) in [5.74, 6) is -2.34. The largest absolute Gasteiger partial charge is 0.514 e. The molecule has 2 aliphatic heterocycles. The van der Waals surface area contributed by atoms with Crippen LogP contribution >= 0.6 is 0 Å². The van der Waals surface area contributed by atoms with E-state index >= 15 is 0 Å². The Balaban J connectivity index is 1.42. The van der Waals surface area contributed by atoms with Gasteiger partial charge in [-0.3, -0.25) is 9.59 Å². The maximum atomic E-state index is 13.1. The number of likely N-dealkylation sites (tertiary alicyclic amines) is 1. The number of nitrogens with zero attached hydrogens (tertiary/aromatic N) is 1. The summed E-state index contributed by atoms with van der Waals surface area (Å²) in [5, 5.41) is 21.3. The van der Waals surface area contributed by atoms with Crippen LogP contribution in [0.25, 0.3) is 0 Å². The lowest BCUT2D eigenvalue weighted by atomic mass is 9.50. The SMILES string of the molecule is C[C@H](OC(=O)CC[C@H](N)C(=O)O)C(=O)OC1=CC[C@@]2(O)[C@H]3Cc4ccc(OC(=O)OC(C)(C)C)c5c4[C@@]2(CCN3C)[C@H]1O5. The van der Waals surface area contributed by atoms with Crippen LogP contribution in [-0.4, -0.2) is 88.3 Å². The summed E-state index contributed by atoms with van der Waals surface area (Å²) in [5.41, 5.74) is 4.03. The molecule has 234 valence electrons. The van der Waals surface area contributed by atoms with E-state index in [4.69, 9.17) is 34.5 Å². The Kier molecular flexibility index (Phi) is 7.72. The number of rotatable bonds is 8. The van der Waals surface area contributed by atoms with Crippen LogP contribution in [0.2, 0.25) is 0 Å². The molecule has 2 bridgehead atoms. The second kappa shape index (κ2) is 10.8. The van der Waals surface area contributed by atoms with Crippen LogP contribution < -0.4 is 15.2 Å². The molecule has 5 rings (SSSR count). The zero-order chi connectivity index (χ0) is 31.5. The number of esters is 2. The van der Waals surface area contributed by atoms with Gasteiger partial charge in [-0.25, -0.2) is 9.59 Å². The number of carbonyl (C=O) groups is 4. The zero-order valence-corrected chi connectivity index (χ0v) is 24.9. The molecule has 1 spiro atoms. The van der Waals surface area contributed by atoms with Crippen LogP contribution in [0.1, 0.15) is 64.5 Å². The Morgan fingerprint density at radius 3 is 2.60 bits per heavy atom. The van der Waals surface area contributed by atoms with Crippen molar-refractivity contribution in [2.24, 2.45) is 5.73 Å². The van der Waals surface area contributed by atoms with E-state index in [1.807, 2.05) is 13.1 Å². The van der Waals surface area contributed by atoms with Crippen molar-refractivity contribution in [1.29, 1.82) is 0 Å². The average molecular weight is 603 g/mol. The van der Waals surface area contributed by atoms with E-state index in [0.29, 0.717) is 19.4 Å². The van der Waals surface area contributed by atoms with Gasteiger partial charge in [-0.15, -0.1) is 0 Å². The third kappa shape index (κ3) is 5.23. The number of benzene rings is 1. The third-order valence-electron chi connectivity index (χ3n) is 8.76. The maximum absolute atomic E-state index is 13.1. The topological polar surface area (TPSA) is 184 Å². The fraction of sp³-hybridized carbons (Fsp3) is 0.600. The minimum atomic E-state index is -1.31. The maximum Gasteiger partial charge on any atom is 0.514 e. The Morgan fingerprint density at radius 1 is 1.21 bits per heavy atom. The van der Waals surface area contributed by atoms with Gasteiger partial charge in [0.25, 0.3) is 0 Å². The summed E-state index contributed by atoms with van der Waals surface area (Å²) in [6.07, 6.45) is -0.781. The summed E-state index contributed by atoms with van der Waals surface area (Å²) in [7, 11) is 1.96. The number of carboxylic acid groups (broad SMARTS) is 1. The first-order valence-electron chi connectivity index (χ1n) is 14.3. The number of piperidine rings is 1. The number of ether oxygens (including phenoxy) is 5. The Bertz CT molecular complexity index is 1380. The van der Waals surface area contributed by atoms with Gasteiger partial charge in [0.05, 0.1) is 11.0 Å². The molecular weight excluding hydrogens is 564 g/mol. The third-order valence-corrected chi connectivity index (χ3v) is 8.76. The number of nitrogens with two attached hydrogens (primary N) is 1. The van der Waals surface area contributed by atoms with E-state index in [1.54, 1.807) is 32.9 Å². The fourth-order valence-electron chi connectivity index (χ4n) is 6.77. The van der Waals surface area contributed by atoms with Crippen LogP contribution in [0.4, 0.5) is 4.79 Å². The Morgan fingerprint density at radius 2 is 1.93 bits per heavy atom. The summed E-state index contributed by atoms with van der Waals surface area (Å²) in [4.78, 5) is 50.9. The van der Waals surface area contributed by atoms with Gasteiger partial charge in [0.2, 0.25) is 0 Å². The van der Waals surface area contributed by atoms with E-state index in [9.17, 15) is 24.3 Å². The normalized spacial score (nSPS) is 28.4. The highest BCUT2D eigenvalue weighted by Crippen LogP contribution is 2.65. The van der Waals surface area contributed by atoms with Crippen LogP contribution in [0.15, 0.2) is 24.0 Å². The lowest BCUT2D eigenvalue weighted by Gasteiger charge is -2.61. The molecule has 0 saturated carbocycles. The highest BCUT2D eigenvalue weighted by molar-refractivity contribution is 5.81. The number of aliphatic carboxylic acids is 1. The molecule has 2 aliphatic carbocycles. The molecule has 6 atom stereocenters. The van der Waals surface area contributed by atoms with Crippen molar-refractivity contribution >= 4 is 24.1 Å². The summed E-state index contributed by atoms with van der Waals surface area (Å²) in [6.45, 7) is 7.14. The van der Waals surface area contributed by atoms with E-state index in [2.05, 4.69) is 4.90 Å². The standard InChI is InChI=1S/C30H38N2O11/c1-15(39-21(33)9-7-17(31)25(34)35)26(36)40-19-10-11-30(38)20-14-16-6-8-18(41-27(37)43-28(2,3)4)23-22(16)29(30,24(19)42-23)12-13-32(20)5/h6,8,10,15,17,20,24,38H,7,9,11-14,31H2,1-5H3,(H,34,35)/t15-,17-,20+,24-,29-,30+/m0/s1. The van der Waals surface area contributed by atoms with Gasteiger partial charge in [0, 0.05) is 24.4 Å². The minimum Gasteiger partial charge on any atom is -0.480 e. The van der Waals surface area contributed by atoms with Crippen molar-refractivity contribution in [1.82, 2.24) is 4.90 Å². The predicted octanol–water partition coefficient (Wildman–Crippen LogP) is 1.95. The van der Waals surface area contributed by atoms with E-state index in [-0.39, 0.29) is 42.6 Å². The van der Waals surface area contributed by atoms with Gasteiger partial charge in [-0.1, -0.05) is 6.07 Å². The summed E-state index contributed by atoms with van der Waals surface area (Å²) in [6, 6.07) is 2.03. The highest BCUT2D eigenvalue weighted by atomic mass is 16.7. The molecule has 43 heavy (non-hydrogen) atoms. The number of likely N-dealkylation sites (N-methyl/N-ethyl adjacent to an activating group) is 1. The van der Waals surface area contributed by atoms with Crippen LogP contribution in [0, 0.1) is 0 Å². The molecule has 2 heterocycles. The summed E-state index contributed by atoms with van der Waals surface area (Å²) >= 11 is 0. The number of hydrogen-bond donors (Lipinski definition) is 3. The highest BCUT2D eigenvalue weighted by Gasteiger charge is 2.72. The molecule has 1 saturated heterocycles. The Hall–Kier alpha value is -3.68. The molecule has 1 aromatic carbocycles. The van der Waals surface area contributed by atoms with E-state index in [1.165, 1.54) is 6.92 Å². The number of carbonyl (C=O) groups excluding carboxylic acids is 3. The number of hydrogen-bond acceptors (Lipinski definition) is 12. The van der Waals surface area contributed by atoms with E-state index in [0.717, 1.165) is 11.1 Å². The van der Waals surface area contributed by atoms with Gasteiger partial charge >= 0.3 is 24.1 Å². The van der Waals surface area contributed by atoms with Crippen molar-refractivity contribution in [3.8, 4) is 11.5 Å². The minimum absolute atomic E-state index is 0.129. The first-order valence-corrected chi connectivity index (χ1v) is 14.3. The molecule has 1 fully saturated rings. The zero-order valence-electron chi connectivity index (χ0n) is 24.9. The quantitative estimate of drug-likeness (QED) is 0.223. The monoisotopic (exact) mass is 602 g/mol. The van der Waals surface area contributed by atoms with Crippen molar-refractivity contribution < 1.29 is 53.1 Å². The molecule has 0 unspecified atom stereocenters. The first-order chi connectivity index (χ1) is 20.1. The van der Waals surface area contributed by atoms with Crippen LogP contribution in [-0.2, 0) is 40.4 Å².